The minimum absolute atomic E-state index is 0.0202. The van der Waals surface area contributed by atoms with E-state index in [-0.39, 0.29) is 23.3 Å². The number of pyridine rings is 1. The zero-order valence-electron chi connectivity index (χ0n) is 10.8. The summed E-state index contributed by atoms with van der Waals surface area (Å²) in [6.45, 7) is 1.09. The Balaban J connectivity index is 2.00. The van der Waals surface area contributed by atoms with Crippen LogP contribution < -0.4 is 10.9 Å². The van der Waals surface area contributed by atoms with Gasteiger partial charge in [0.1, 0.15) is 0 Å². The number of aromatic nitrogens is 1. The smallest absolute Gasteiger partial charge is 0.254 e. The number of hydrogen-bond acceptors (Lipinski definition) is 3. The van der Waals surface area contributed by atoms with E-state index in [1.807, 2.05) is 0 Å². The van der Waals surface area contributed by atoms with Crippen molar-refractivity contribution in [1.29, 1.82) is 0 Å². The first-order valence-electron chi connectivity index (χ1n) is 6.31. The van der Waals surface area contributed by atoms with Crippen LogP contribution in [0.4, 0.5) is 0 Å². The maximum Gasteiger partial charge on any atom is 0.254 e. The first kappa shape index (κ1) is 13.3. The molecule has 0 bridgehead atoms. The van der Waals surface area contributed by atoms with Crippen LogP contribution in [0.2, 0.25) is 0 Å². The molecule has 2 rings (SSSR count). The van der Waals surface area contributed by atoms with Crippen molar-refractivity contribution in [2.75, 3.05) is 20.1 Å². The standard InChI is InChI=1S/C13H17N3O3/c1-14-12(18)9-3-6-16(7-4-9)13(19)10-2-5-15-11(17)8-10/h2,5,8-9H,3-4,6-7H2,1H3,(H,14,18)(H,15,17). The number of rotatable bonds is 2. The highest BCUT2D eigenvalue weighted by atomic mass is 16.2. The molecule has 1 fully saturated rings. The Kier molecular flexibility index (Phi) is 3.99. The maximum absolute atomic E-state index is 12.2. The van der Waals surface area contributed by atoms with Crippen molar-refractivity contribution >= 4 is 11.8 Å². The number of aromatic amines is 1. The van der Waals surface area contributed by atoms with Gasteiger partial charge in [-0.15, -0.1) is 0 Å². The Bertz CT molecular complexity index is 530. The zero-order valence-corrected chi connectivity index (χ0v) is 10.8. The van der Waals surface area contributed by atoms with Crippen LogP contribution in [0.15, 0.2) is 23.1 Å². The van der Waals surface area contributed by atoms with Crippen molar-refractivity contribution in [3.63, 3.8) is 0 Å². The minimum Gasteiger partial charge on any atom is -0.359 e. The van der Waals surface area contributed by atoms with E-state index in [0.29, 0.717) is 31.5 Å². The lowest BCUT2D eigenvalue weighted by atomic mass is 9.95. The minimum atomic E-state index is -0.286. The number of amides is 2. The van der Waals surface area contributed by atoms with E-state index in [1.165, 1.54) is 12.3 Å². The molecule has 2 N–H and O–H groups in total. The van der Waals surface area contributed by atoms with E-state index in [1.54, 1.807) is 18.0 Å². The van der Waals surface area contributed by atoms with E-state index in [0.717, 1.165) is 0 Å². The topological polar surface area (TPSA) is 82.3 Å². The van der Waals surface area contributed by atoms with E-state index in [4.69, 9.17) is 0 Å². The average molecular weight is 263 g/mol. The van der Waals surface area contributed by atoms with Gasteiger partial charge in [-0.3, -0.25) is 14.4 Å². The molecular weight excluding hydrogens is 246 g/mol. The van der Waals surface area contributed by atoms with Gasteiger partial charge in [-0.05, 0) is 18.9 Å². The van der Waals surface area contributed by atoms with Crippen molar-refractivity contribution in [3.05, 3.63) is 34.2 Å². The van der Waals surface area contributed by atoms with Crippen LogP contribution in [0.5, 0.6) is 0 Å². The SMILES string of the molecule is CNC(=O)C1CCN(C(=O)c2cc[nH]c(=O)c2)CC1. The van der Waals surface area contributed by atoms with Crippen LogP contribution in [0.3, 0.4) is 0 Å². The Morgan fingerprint density at radius 1 is 1.37 bits per heavy atom. The number of H-pyrrole nitrogens is 1. The van der Waals surface area contributed by atoms with Gasteiger partial charge in [-0.1, -0.05) is 0 Å². The normalized spacial score (nSPS) is 16.2. The van der Waals surface area contributed by atoms with Gasteiger partial charge in [-0.2, -0.15) is 0 Å². The molecule has 6 heteroatoms. The number of piperidine rings is 1. The number of carbonyl (C=O) groups is 2. The predicted molar refractivity (Wildman–Crippen MR) is 69.8 cm³/mol. The third-order valence-electron chi connectivity index (χ3n) is 3.42. The summed E-state index contributed by atoms with van der Waals surface area (Å²) in [4.78, 5) is 39.0. The molecule has 6 nitrogen and oxygen atoms in total. The van der Waals surface area contributed by atoms with Crippen molar-refractivity contribution in [2.45, 2.75) is 12.8 Å². The van der Waals surface area contributed by atoms with Crippen molar-refractivity contribution in [3.8, 4) is 0 Å². The monoisotopic (exact) mass is 263 g/mol. The molecule has 0 aromatic carbocycles. The maximum atomic E-state index is 12.2. The molecule has 1 aromatic rings. The summed E-state index contributed by atoms with van der Waals surface area (Å²) in [6.07, 6.45) is 2.79. The van der Waals surface area contributed by atoms with Crippen LogP contribution in [-0.2, 0) is 4.79 Å². The van der Waals surface area contributed by atoms with E-state index < -0.39 is 0 Å². The number of hydrogen-bond donors (Lipinski definition) is 2. The summed E-state index contributed by atoms with van der Waals surface area (Å²) in [6, 6.07) is 2.89. The Morgan fingerprint density at radius 3 is 2.63 bits per heavy atom. The summed E-state index contributed by atoms with van der Waals surface area (Å²) in [5, 5.41) is 2.63. The predicted octanol–water partition coefficient (Wildman–Crippen LogP) is -0.0269. The Morgan fingerprint density at radius 2 is 2.05 bits per heavy atom. The van der Waals surface area contributed by atoms with Crippen molar-refractivity contribution in [1.82, 2.24) is 15.2 Å². The lowest BCUT2D eigenvalue weighted by Crippen LogP contribution is -2.42. The van der Waals surface area contributed by atoms with Crippen molar-refractivity contribution in [2.24, 2.45) is 5.92 Å². The molecule has 1 aliphatic rings. The number of carbonyl (C=O) groups excluding carboxylic acids is 2. The summed E-state index contributed by atoms with van der Waals surface area (Å²) in [5.41, 5.74) is 0.105. The van der Waals surface area contributed by atoms with E-state index in [9.17, 15) is 14.4 Å². The molecule has 0 atom stereocenters. The molecule has 1 aromatic heterocycles. The molecule has 2 heterocycles. The third-order valence-corrected chi connectivity index (χ3v) is 3.42. The molecule has 1 saturated heterocycles. The van der Waals surface area contributed by atoms with Crippen LogP contribution in [0, 0.1) is 5.92 Å². The first-order valence-corrected chi connectivity index (χ1v) is 6.31. The first-order chi connectivity index (χ1) is 9.11. The molecule has 1 aliphatic heterocycles. The molecule has 0 unspecified atom stereocenters. The van der Waals surface area contributed by atoms with Crippen LogP contribution in [0.25, 0.3) is 0 Å². The molecule has 0 saturated carbocycles. The van der Waals surface area contributed by atoms with E-state index >= 15 is 0 Å². The highest BCUT2D eigenvalue weighted by molar-refractivity contribution is 5.94. The van der Waals surface area contributed by atoms with Crippen LogP contribution in [-0.4, -0.2) is 41.8 Å². The van der Waals surface area contributed by atoms with Gasteiger partial charge in [0.05, 0.1) is 0 Å². The van der Waals surface area contributed by atoms with Gasteiger partial charge < -0.3 is 15.2 Å². The third kappa shape index (κ3) is 3.01. The number of nitrogens with zero attached hydrogens (tertiary/aromatic N) is 1. The Labute approximate surface area is 110 Å². The number of likely N-dealkylation sites (tertiary alicyclic amines) is 1. The Hall–Kier alpha value is -2.11. The lowest BCUT2D eigenvalue weighted by molar-refractivity contribution is -0.125. The number of nitrogens with one attached hydrogen (secondary N) is 2. The van der Waals surface area contributed by atoms with Gasteiger partial charge in [0.2, 0.25) is 11.5 Å². The van der Waals surface area contributed by atoms with Gasteiger partial charge in [-0.25, -0.2) is 0 Å². The quantitative estimate of drug-likeness (QED) is 0.786. The molecule has 0 spiro atoms. The van der Waals surface area contributed by atoms with Crippen LogP contribution in [0.1, 0.15) is 23.2 Å². The molecule has 2 amide bonds. The average Bonchev–Trinajstić information content (AvgIpc) is 2.46. The van der Waals surface area contributed by atoms with Gasteiger partial charge >= 0.3 is 0 Å². The fraction of sp³-hybridized carbons (Fsp3) is 0.462. The van der Waals surface area contributed by atoms with Gasteiger partial charge in [0.15, 0.2) is 0 Å². The van der Waals surface area contributed by atoms with Gasteiger partial charge in [0.25, 0.3) is 5.91 Å². The molecule has 102 valence electrons. The van der Waals surface area contributed by atoms with Gasteiger partial charge in [0, 0.05) is 43.9 Å². The second kappa shape index (κ2) is 5.69. The van der Waals surface area contributed by atoms with Crippen LogP contribution >= 0.6 is 0 Å². The largest absolute Gasteiger partial charge is 0.359 e. The zero-order chi connectivity index (χ0) is 13.8. The second-order valence-electron chi connectivity index (χ2n) is 4.62. The highest BCUT2D eigenvalue weighted by Crippen LogP contribution is 2.18. The van der Waals surface area contributed by atoms with E-state index in [2.05, 4.69) is 10.3 Å². The van der Waals surface area contributed by atoms with Crippen molar-refractivity contribution < 1.29 is 9.59 Å². The fourth-order valence-electron chi connectivity index (χ4n) is 2.31. The highest BCUT2D eigenvalue weighted by Gasteiger charge is 2.27. The molecule has 19 heavy (non-hydrogen) atoms. The molecule has 0 radical (unpaired) electrons. The molecular formula is C13H17N3O3. The summed E-state index contributed by atoms with van der Waals surface area (Å²) >= 11 is 0. The summed E-state index contributed by atoms with van der Waals surface area (Å²) < 4.78 is 0. The fourth-order valence-corrected chi connectivity index (χ4v) is 2.31. The summed E-state index contributed by atoms with van der Waals surface area (Å²) in [7, 11) is 1.62. The second-order valence-corrected chi connectivity index (χ2v) is 4.62. The molecule has 0 aliphatic carbocycles. The summed E-state index contributed by atoms with van der Waals surface area (Å²) in [5.74, 6) is -0.141. The lowest BCUT2D eigenvalue weighted by Gasteiger charge is -2.31.